The van der Waals surface area contributed by atoms with Gasteiger partial charge in [0.1, 0.15) is 0 Å². The van der Waals surface area contributed by atoms with Gasteiger partial charge >= 0.3 is 0 Å². The predicted molar refractivity (Wildman–Crippen MR) is 29.4 cm³/mol. The highest BCUT2D eigenvalue weighted by molar-refractivity contribution is 7.93. The Hall–Kier alpha value is -0.310. The Morgan fingerprint density at radius 1 is 1.22 bits per heavy atom. The molecule has 0 aliphatic heterocycles. The van der Waals surface area contributed by atoms with Crippen molar-refractivity contribution in [1.29, 1.82) is 0 Å². The van der Waals surface area contributed by atoms with Crippen molar-refractivity contribution in [2.24, 2.45) is 0 Å². The van der Waals surface area contributed by atoms with E-state index in [9.17, 15) is 13.2 Å². The van der Waals surface area contributed by atoms with E-state index in [1.807, 2.05) is 0 Å². The highest BCUT2D eigenvalue weighted by atomic mass is 32.3. The molecule has 2 N–H and O–H groups in total. The molecule has 2 atom stereocenters. The lowest BCUT2D eigenvalue weighted by molar-refractivity contribution is -0.111. The molecule has 0 aromatic carbocycles. The molecule has 0 aliphatic carbocycles. The third kappa shape index (κ3) is 2.65. The molecule has 54 valence electrons. The minimum absolute atomic E-state index is 0.167. The number of carbonyl (C=O) groups excluding carboxylic acids is 1. The third-order valence-electron chi connectivity index (χ3n) is 0.394. The van der Waals surface area contributed by atoms with Gasteiger partial charge in [0.2, 0.25) is 6.41 Å². The Kier molecular flexibility index (Phi) is 3.54. The van der Waals surface area contributed by atoms with Gasteiger partial charge in [-0.2, -0.15) is 0 Å². The summed E-state index contributed by atoms with van der Waals surface area (Å²) in [6.07, 6.45) is -0.202. The zero-order chi connectivity index (χ0) is 7.44. The molecule has 0 saturated heterocycles. The van der Waals surface area contributed by atoms with E-state index in [-0.39, 0.29) is 10.1 Å². The van der Waals surface area contributed by atoms with E-state index < -0.39 is 22.5 Å². The molecule has 6 nitrogen and oxygen atoms in total. The fourth-order valence-corrected chi connectivity index (χ4v) is 0.712. The van der Waals surface area contributed by atoms with E-state index in [2.05, 4.69) is 0 Å². The van der Waals surface area contributed by atoms with Gasteiger partial charge in [-0.1, -0.05) is 0 Å². The summed E-state index contributed by atoms with van der Waals surface area (Å²) < 4.78 is 35.5. The lowest BCUT2D eigenvalue weighted by atomic mass is 11.5. The molecule has 0 aliphatic rings. The summed E-state index contributed by atoms with van der Waals surface area (Å²) in [5.41, 5.74) is 0. The Bertz CT molecular complexity index is 141. The maximum absolute atomic E-state index is 9.82. The van der Waals surface area contributed by atoms with Crippen LogP contribution < -0.4 is 0 Å². The average molecular weight is 173 g/mol. The van der Waals surface area contributed by atoms with Crippen molar-refractivity contribution in [1.82, 2.24) is 3.71 Å². The molecular formula is CH3NO5S2. The van der Waals surface area contributed by atoms with Crippen LogP contribution in [0.3, 0.4) is 0 Å². The first kappa shape index (κ1) is 8.69. The summed E-state index contributed by atoms with van der Waals surface area (Å²) in [4.78, 5) is 9.61. The summed E-state index contributed by atoms with van der Waals surface area (Å²) >= 11 is -5.44. The van der Waals surface area contributed by atoms with Gasteiger partial charge in [0.05, 0.1) is 0 Å². The number of rotatable bonds is 3. The van der Waals surface area contributed by atoms with Crippen molar-refractivity contribution in [3.63, 3.8) is 0 Å². The van der Waals surface area contributed by atoms with Gasteiger partial charge in [0.15, 0.2) is 0 Å². The molecule has 0 bridgehead atoms. The Labute approximate surface area is 55.7 Å². The standard InChI is InChI=1S/CH3NO5S2/c3-1-2(8(4)5)9(6)7/h1H,(H,4,5)(H,6,7). The van der Waals surface area contributed by atoms with Crippen LogP contribution in [0.25, 0.3) is 0 Å². The average Bonchev–Trinajstić information content (AvgIpc) is 1.64. The normalized spacial score (nSPS) is 16.2. The quantitative estimate of drug-likeness (QED) is 0.409. The second-order valence-corrected chi connectivity index (χ2v) is 2.79. The zero-order valence-corrected chi connectivity index (χ0v) is 5.59. The third-order valence-corrected chi connectivity index (χ3v) is 1.95. The van der Waals surface area contributed by atoms with Gasteiger partial charge in [-0.3, -0.25) is 13.9 Å². The minimum atomic E-state index is -2.72. The van der Waals surface area contributed by atoms with Gasteiger partial charge in [-0.25, -0.2) is 8.42 Å². The second-order valence-electron chi connectivity index (χ2n) is 0.852. The lowest BCUT2D eigenvalue weighted by Crippen LogP contribution is -2.25. The van der Waals surface area contributed by atoms with Crippen LogP contribution in [0, 0.1) is 0 Å². The number of hydrogen-bond donors (Lipinski definition) is 2. The summed E-state index contributed by atoms with van der Waals surface area (Å²) in [6.45, 7) is 0. The fourth-order valence-electron chi connectivity index (χ4n) is 0.128. The van der Waals surface area contributed by atoms with Crippen molar-refractivity contribution in [2.75, 3.05) is 0 Å². The molecule has 0 heterocycles. The molecule has 0 saturated carbocycles. The summed E-state index contributed by atoms with van der Waals surface area (Å²) in [6, 6.07) is 0. The van der Waals surface area contributed by atoms with Crippen LogP contribution in [0.4, 0.5) is 0 Å². The zero-order valence-electron chi connectivity index (χ0n) is 3.96. The number of amides is 1. The van der Waals surface area contributed by atoms with E-state index in [0.717, 1.165) is 0 Å². The van der Waals surface area contributed by atoms with Crippen LogP contribution in [0.15, 0.2) is 0 Å². The first-order chi connectivity index (χ1) is 4.09. The van der Waals surface area contributed by atoms with Gasteiger partial charge in [-0.05, 0) is 0 Å². The summed E-state index contributed by atoms with van der Waals surface area (Å²) in [5.74, 6) is 0. The van der Waals surface area contributed by atoms with Crippen LogP contribution in [-0.4, -0.2) is 27.6 Å². The molecule has 8 heteroatoms. The summed E-state index contributed by atoms with van der Waals surface area (Å²) in [7, 11) is 0. The van der Waals surface area contributed by atoms with Crippen LogP contribution >= 0.6 is 0 Å². The number of nitrogens with zero attached hydrogens (tertiary/aromatic N) is 1. The first-order valence-electron chi connectivity index (χ1n) is 1.56. The molecule has 0 spiro atoms. The highest BCUT2D eigenvalue weighted by Gasteiger charge is 2.12. The van der Waals surface area contributed by atoms with Gasteiger partial charge in [-0.15, -0.1) is 3.71 Å². The van der Waals surface area contributed by atoms with Crippen molar-refractivity contribution in [3.05, 3.63) is 0 Å². The van der Waals surface area contributed by atoms with E-state index in [1.165, 1.54) is 0 Å². The topological polar surface area (TPSA) is 94.9 Å². The minimum Gasteiger partial charge on any atom is -0.288 e. The smallest absolute Gasteiger partial charge is 0.278 e. The van der Waals surface area contributed by atoms with Crippen molar-refractivity contribution >= 4 is 28.9 Å². The van der Waals surface area contributed by atoms with Crippen LogP contribution in [0.1, 0.15) is 0 Å². The molecule has 0 aromatic rings. The molecule has 2 unspecified atom stereocenters. The van der Waals surface area contributed by atoms with Crippen LogP contribution in [-0.2, 0) is 27.3 Å². The molecule has 0 aromatic heterocycles. The van der Waals surface area contributed by atoms with Crippen molar-refractivity contribution in [3.8, 4) is 0 Å². The van der Waals surface area contributed by atoms with Crippen molar-refractivity contribution in [2.45, 2.75) is 0 Å². The molecule has 9 heavy (non-hydrogen) atoms. The van der Waals surface area contributed by atoms with Crippen LogP contribution in [0.5, 0.6) is 0 Å². The maximum atomic E-state index is 9.82. The van der Waals surface area contributed by atoms with Crippen LogP contribution in [0.2, 0.25) is 0 Å². The van der Waals surface area contributed by atoms with E-state index >= 15 is 0 Å². The SMILES string of the molecule is O=CN(S(=O)O)S(=O)O. The van der Waals surface area contributed by atoms with Gasteiger partial charge in [0.25, 0.3) is 22.5 Å². The Morgan fingerprint density at radius 2 is 1.56 bits per heavy atom. The summed E-state index contributed by atoms with van der Waals surface area (Å²) in [5, 5.41) is 0. The second kappa shape index (κ2) is 3.67. The van der Waals surface area contributed by atoms with E-state index in [4.69, 9.17) is 9.11 Å². The maximum Gasteiger partial charge on any atom is 0.278 e. The fraction of sp³-hybridized carbons (Fsp3) is 0. The monoisotopic (exact) mass is 173 g/mol. The van der Waals surface area contributed by atoms with E-state index in [0.29, 0.717) is 0 Å². The molecule has 1 amide bonds. The molecular weight excluding hydrogens is 170 g/mol. The lowest BCUT2D eigenvalue weighted by Gasteiger charge is -2.02. The van der Waals surface area contributed by atoms with Gasteiger partial charge in [0, 0.05) is 0 Å². The molecule has 0 fully saturated rings. The Balaban J connectivity index is 4.16. The number of hydrogen-bond acceptors (Lipinski definition) is 3. The Morgan fingerprint density at radius 3 is 1.56 bits per heavy atom. The molecule has 0 radical (unpaired) electrons. The largest absolute Gasteiger partial charge is 0.288 e. The predicted octanol–water partition coefficient (Wildman–Crippen LogP) is -1.28. The highest BCUT2D eigenvalue weighted by Crippen LogP contribution is 1.88. The van der Waals surface area contributed by atoms with Gasteiger partial charge < -0.3 is 0 Å². The first-order valence-corrected chi connectivity index (χ1v) is 3.68. The van der Waals surface area contributed by atoms with E-state index in [1.54, 1.807) is 0 Å². The van der Waals surface area contributed by atoms with Crippen molar-refractivity contribution < 1.29 is 22.3 Å². The molecule has 0 rings (SSSR count). The number of carbonyl (C=O) groups is 1.